The quantitative estimate of drug-likeness (QED) is 0.0249. The van der Waals surface area contributed by atoms with Crippen LogP contribution in [0.25, 0.3) is 16.1 Å². The van der Waals surface area contributed by atoms with Crippen LogP contribution < -0.4 is 33.4 Å². The van der Waals surface area contributed by atoms with Crippen molar-refractivity contribution in [2.45, 2.75) is 114 Å². The van der Waals surface area contributed by atoms with E-state index in [-0.39, 0.29) is 38.5 Å². The van der Waals surface area contributed by atoms with E-state index in [9.17, 15) is 28.8 Å². The molecule has 0 atom stereocenters. The van der Waals surface area contributed by atoms with Crippen molar-refractivity contribution in [3.05, 3.63) is 307 Å². The summed E-state index contributed by atoms with van der Waals surface area (Å²) in [5.74, 6) is 3.84. The molecule has 0 aromatic carbocycles. The molecule has 14 aromatic rings. The van der Waals surface area contributed by atoms with Crippen molar-refractivity contribution in [1.82, 2.24) is 104 Å². The van der Waals surface area contributed by atoms with Crippen LogP contribution in [0.2, 0.25) is 25.5 Å². The Bertz CT molecular complexity index is 5810. The van der Waals surface area contributed by atoms with Crippen molar-refractivity contribution in [2.24, 2.45) is 7.05 Å². The Hall–Kier alpha value is -9.04. The summed E-state index contributed by atoms with van der Waals surface area (Å²) in [5.41, 5.74) is 12.3. The van der Waals surface area contributed by atoms with Gasteiger partial charge in [-0.15, -0.1) is 11.3 Å². The monoisotopic (exact) mass is 1710 g/mol. The summed E-state index contributed by atoms with van der Waals surface area (Å²) in [5, 5.41) is 11.8. The van der Waals surface area contributed by atoms with Crippen LogP contribution in [0.3, 0.4) is 0 Å². The highest BCUT2D eigenvalue weighted by molar-refractivity contribution is 7.99. The first-order valence-corrected chi connectivity index (χ1v) is 41.1. The lowest BCUT2D eigenvalue weighted by atomic mass is 10.1. The number of thiazole rings is 1. The van der Waals surface area contributed by atoms with Gasteiger partial charge < -0.3 is 29.9 Å². The zero-order valence-corrected chi connectivity index (χ0v) is 69.0. The maximum Gasteiger partial charge on any atom is 0.251 e. The van der Waals surface area contributed by atoms with E-state index in [0.717, 1.165) is 78.3 Å². The molecule has 14 aromatic heterocycles. The van der Waals surface area contributed by atoms with Gasteiger partial charge in [-0.3, -0.25) is 52.8 Å². The Balaban J connectivity index is 0.000000152. The third kappa shape index (κ3) is 27.5. The third-order valence-corrected chi connectivity index (χ3v) is 22.3. The second kappa shape index (κ2) is 42.4. The number of nitrogens with one attached hydrogen (secondary N) is 6. The molecule has 0 unspecified atom stereocenters. The summed E-state index contributed by atoms with van der Waals surface area (Å²) >= 11 is 40.1. The molecule has 110 heavy (non-hydrogen) atoms. The molecule has 0 aliphatic carbocycles. The Kier molecular flexibility index (Phi) is 32.7. The SMILES string of the molecule is Cc1cc(=O)[nH]c(SCc2c(Cl)ccnc2Cl)n1.Cc1cc(=O)[nH]c(SCc2c(Cl)nc3sccn23)n1.Cc1cc(=O)[nH]c(SCc2cccnc2C)n1.Cc1cc(=O)[nH]c(SCc2ccnc(Cl)c2Cl)n1.Cc1cc(=O)[nH]c(SCc2ccnn2C)n1.Cc1cc(=O)[nH]c(SCc2cncc(-c3cccnc3)c2)n1. The molecule has 27 nitrogen and oxygen atoms in total. The number of nitrogens with zero attached hydrogens (tertiary/aromatic N) is 15. The van der Waals surface area contributed by atoms with Crippen LogP contribution in [0.15, 0.2) is 206 Å². The summed E-state index contributed by atoms with van der Waals surface area (Å²) in [6, 6.07) is 24.1. The second-order valence-corrected chi connectivity index (χ2v) is 31.5. The zero-order valence-electron chi connectivity index (χ0n) is 59.5. The molecule has 0 fully saturated rings. The van der Waals surface area contributed by atoms with Gasteiger partial charge in [-0.25, -0.2) is 44.9 Å². The number of hydrogen-bond acceptors (Lipinski definition) is 26. The van der Waals surface area contributed by atoms with Crippen molar-refractivity contribution < 1.29 is 0 Å². The van der Waals surface area contributed by atoms with E-state index in [2.05, 4.69) is 101 Å². The number of hydrogen-bond donors (Lipinski definition) is 6. The topological polar surface area (TPSA) is 374 Å². The molecule has 0 saturated carbocycles. The number of pyridine rings is 5. The smallest absolute Gasteiger partial charge is 0.251 e. The number of aromatic nitrogens is 21. The molecule has 568 valence electrons. The standard InChI is InChI=1S/C16H14N4OS.C12H13N3OS.2C11H9Cl2N3OS.C11H9ClN4OS2.C10H12N4OS/c1-11-5-15(21)20-16(19-11)22-10-12-6-14(9-18-7-12)13-3-2-4-17-8-13;1-8-6-11(16)15-12(14-8)17-7-10-4-3-5-13-9(10)2;1-6-4-9(17)16-11(15-6)18-5-7-8(12)2-3-14-10(7)13;1-6-4-8(17)16-11(15-6)18-5-7-2-3-14-10(13)9(7)12;1-6-4-8(17)14-10(13-6)19-5-7-9(12)15-11-16(7)2-3-18-11;1-7-5-9(15)13-10(12-7)16-6-8-3-4-11-14(8)2/h2-9H,10H2,1H3,(H,19,20,21);3-6H,7H2,1-2H3,(H,14,15,16);2*2-4H,5H2,1H3,(H,15,16,17);2-4H,5H2,1H3,(H,13,14,17);3-5H,6H2,1-2H3,(H,12,13,15). The number of aromatic amines is 6. The maximum absolute atomic E-state index is 11.4. The van der Waals surface area contributed by atoms with E-state index in [0.29, 0.717) is 97.1 Å². The lowest BCUT2D eigenvalue weighted by Gasteiger charge is -2.05. The van der Waals surface area contributed by atoms with Crippen molar-refractivity contribution >= 4 is 145 Å². The molecule has 0 aliphatic heterocycles. The predicted octanol–water partition coefficient (Wildman–Crippen LogP) is 14.9. The van der Waals surface area contributed by atoms with E-state index in [1.807, 2.05) is 99.6 Å². The van der Waals surface area contributed by atoms with Crippen LogP contribution in [0.1, 0.15) is 73.5 Å². The van der Waals surface area contributed by atoms with Gasteiger partial charge in [-0.05, 0) is 102 Å². The largest absolute Gasteiger partial charge is 0.301 e. The number of fused-ring (bicyclic) bond motifs is 1. The highest BCUT2D eigenvalue weighted by Gasteiger charge is 2.15. The molecule has 0 amide bonds. The summed E-state index contributed by atoms with van der Waals surface area (Å²) in [4.78, 5) is 135. The fraction of sp³-hybridized carbons (Fsp3) is 0.197. The van der Waals surface area contributed by atoms with Crippen LogP contribution >= 0.6 is 140 Å². The van der Waals surface area contributed by atoms with Gasteiger partial charge in [0.1, 0.15) is 10.3 Å². The van der Waals surface area contributed by atoms with Gasteiger partial charge in [0, 0.05) is 206 Å². The summed E-state index contributed by atoms with van der Waals surface area (Å²) in [6.07, 6.45) is 15.8. The Morgan fingerprint density at radius 2 is 0.882 bits per heavy atom. The summed E-state index contributed by atoms with van der Waals surface area (Å²) < 4.78 is 3.76. The van der Waals surface area contributed by atoms with E-state index >= 15 is 0 Å². The molecule has 0 bridgehead atoms. The number of aryl methyl sites for hydroxylation is 8. The van der Waals surface area contributed by atoms with Crippen molar-refractivity contribution in [3.63, 3.8) is 0 Å². The lowest BCUT2D eigenvalue weighted by molar-refractivity contribution is 0.735. The minimum atomic E-state index is -0.173. The highest BCUT2D eigenvalue weighted by Crippen LogP contribution is 2.32. The molecule has 0 saturated heterocycles. The van der Waals surface area contributed by atoms with Gasteiger partial charge in [0.15, 0.2) is 41.1 Å². The van der Waals surface area contributed by atoms with Crippen LogP contribution in [-0.4, -0.2) is 104 Å². The van der Waals surface area contributed by atoms with Gasteiger partial charge in [0.2, 0.25) is 0 Å². The second-order valence-electron chi connectivity index (χ2n) is 22.9. The van der Waals surface area contributed by atoms with Gasteiger partial charge >= 0.3 is 0 Å². The average Bonchev–Trinajstić information content (AvgIpc) is 1.65. The fourth-order valence-corrected chi connectivity index (χ4v) is 16.9. The minimum Gasteiger partial charge on any atom is -0.301 e. The Morgan fingerprint density at radius 3 is 1.36 bits per heavy atom. The summed E-state index contributed by atoms with van der Waals surface area (Å²) in [6.45, 7) is 12.7. The van der Waals surface area contributed by atoms with E-state index < -0.39 is 0 Å². The van der Waals surface area contributed by atoms with Crippen molar-refractivity contribution in [2.75, 3.05) is 0 Å². The van der Waals surface area contributed by atoms with Gasteiger partial charge in [0.05, 0.1) is 10.7 Å². The first-order chi connectivity index (χ1) is 52.7. The van der Waals surface area contributed by atoms with E-state index in [1.54, 1.807) is 68.6 Å². The number of H-pyrrole nitrogens is 6. The number of rotatable bonds is 19. The van der Waals surface area contributed by atoms with Crippen LogP contribution in [0, 0.1) is 48.5 Å². The minimum absolute atomic E-state index is 0.108. The van der Waals surface area contributed by atoms with Crippen LogP contribution in [-0.2, 0) is 41.6 Å². The van der Waals surface area contributed by atoms with E-state index in [4.69, 9.17) is 58.0 Å². The van der Waals surface area contributed by atoms with Gasteiger partial charge in [-0.1, -0.05) is 141 Å². The summed E-state index contributed by atoms with van der Waals surface area (Å²) in [7, 11) is 1.89. The average molecular weight is 1710 g/mol. The number of thioether (sulfide) groups is 6. The highest BCUT2D eigenvalue weighted by atomic mass is 35.5. The van der Waals surface area contributed by atoms with Crippen LogP contribution in [0.4, 0.5) is 0 Å². The molecular formula is C71H66Cl5N21O6S7. The number of halogens is 5. The maximum atomic E-state index is 11.4. The van der Waals surface area contributed by atoms with Gasteiger partial charge in [0.25, 0.3) is 33.4 Å². The Morgan fingerprint density at radius 1 is 0.418 bits per heavy atom. The fourth-order valence-electron chi connectivity index (χ4n) is 9.13. The molecule has 6 N–H and O–H groups in total. The first-order valence-electron chi connectivity index (χ1n) is 32.4. The lowest BCUT2D eigenvalue weighted by Crippen LogP contribution is -2.08. The zero-order chi connectivity index (χ0) is 78.8. The third-order valence-electron chi connectivity index (χ3n) is 14.3. The number of imidazole rings is 1. The molecule has 0 radical (unpaired) electrons. The molecule has 39 heteroatoms. The molecule has 14 rings (SSSR count). The van der Waals surface area contributed by atoms with Crippen LogP contribution in [0.5, 0.6) is 0 Å². The van der Waals surface area contributed by atoms with Gasteiger partial charge in [-0.2, -0.15) is 5.10 Å². The van der Waals surface area contributed by atoms with Crippen molar-refractivity contribution in [1.29, 1.82) is 0 Å². The molecule has 0 aliphatic rings. The Labute approximate surface area is 682 Å². The van der Waals surface area contributed by atoms with E-state index in [1.165, 1.54) is 118 Å². The van der Waals surface area contributed by atoms with Crippen molar-refractivity contribution in [3.8, 4) is 11.1 Å². The molecular weight excluding hydrogens is 1640 g/mol. The normalized spacial score (nSPS) is 10.7. The molecule has 0 spiro atoms. The first kappa shape index (κ1) is 85.0. The predicted molar refractivity (Wildman–Crippen MR) is 441 cm³/mol. The molecule has 14 heterocycles.